The minimum atomic E-state index is -0.178. The highest BCUT2D eigenvalue weighted by atomic mass is 16.2. The second kappa shape index (κ2) is 3.30. The molecule has 2 aliphatic rings. The van der Waals surface area contributed by atoms with Crippen LogP contribution in [0.1, 0.15) is 12.8 Å². The van der Waals surface area contributed by atoms with Crippen LogP contribution >= 0.6 is 0 Å². The number of nitrogens with zero attached hydrogens (tertiary/aromatic N) is 1. The lowest BCUT2D eigenvalue weighted by atomic mass is 10.2. The lowest BCUT2D eigenvalue weighted by Gasteiger charge is -2.30. The van der Waals surface area contributed by atoms with Gasteiger partial charge in [-0.3, -0.25) is 19.8 Å². The smallest absolute Gasteiger partial charge is 0.240 e. The minimum absolute atomic E-state index is 0.178. The molecule has 1 heterocycles. The van der Waals surface area contributed by atoms with E-state index in [1.807, 2.05) is 4.90 Å². The minimum Gasteiger partial charge on any atom is -0.294 e. The van der Waals surface area contributed by atoms with Crippen molar-refractivity contribution in [2.75, 3.05) is 13.1 Å². The summed E-state index contributed by atoms with van der Waals surface area (Å²) in [6, 6.07) is 0.356. The molecule has 0 unspecified atom stereocenters. The largest absolute Gasteiger partial charge is 0.294 e. The lowest BCUT2D eigenvalue weighted by Crippen LogP contribution is -2.54. The van der Waals surface area contributed by atoms with E-state index >= 15 is 0 Å². The number of amides is 2. The number of rotatable bonds is 1. The molecular formula is C9H12N2O2. The van der Waals surface area contributed by atoms with Crippen molar-refractivity contribution in [1.82, 2.24) is 10.2 Å². The summed E-state index contributed by atoms with van der Waals surface area (Å²) in [7, 11) is 0. The number of hydrogen-bond donors (Lipinski definition) is 1. The Morgan fingerprint density at radius 2 is 1.69 bits per heavy atom. The van der Waals surface area contributed by atoms with Crippen molar-refractivity contribution in [3.05, 3.63) is 12.2 Å². The van der Waals surface area contributed by atoms with Gasteiger partial charge in [0.05, 0.1) is 13.1 Å². The Bertz CT molecular complexity index is 249. The lowest BCUT2D eigenvalue weighted by molar-refractivity contribution is -0.137. The van der Waals surface area contributed by atoms with E-state index in [9.17, 15) is 9.59 Å². The second-order valence-corrected chi connectivity index (χ2v) is 3.47. The summed E-state index contributed by atoms with van der Waals surface area (Å²) in [4.78, 5) is 24.0. The molecule has 1 aliphatic heterocycles. The first-order chi connectivity index (χ1) is 6.25. The number of nitrogens with one attached hydrogen (secondary N) is 1. The zero-order valence-corrected chi connectivity index (χ0v) is 7.32. The predicted molar refractivity (Wildman–Crippen MR) is 46.9 cm³/mol. The second-order valence-electron chi connectivity index (χ2n) is 3.47. The van der Waals surface area contributed by atoms with Gasteiger partial charge in [0, 0.05) is 6.04 Å². The molecule has 1 saturated heterocycles. The first kappa shape index (κ1) is 8.44. The molecule has 1 N–H and O–H groups in total. The normalized spacial score (nSPS) is 25.2. The molecule has 2 amide bonds. The SMILES string of the molecule is O=C1CN(C2CC=CC2)CC(=O)N1. The standard InChI is InChI=1S/C9H12N2O2/c12-8-5-11(6-9(13)10-8)7-3-1-2-4-7/h1-2,7H,3-6H2,(H,10,12,13). The fourth-order valence-corrected chi connectivity index (χ4v) is 1.82. The molecule has 1 aliphatic carbocycles. The Morgan fingerprint density at radius 3 is 2.23 bits per heavy atom. The molecule has 4 nitrogen and oxygen atoms in total. The molecular weight excluding hydrogens is 168 g/mol. The van der Waals surface area contributed by atoms with Crippen LogP contribution in [0.3, 0.4) is 0 Å². The van der Waals surface area contributed by atoms with Gasteiger partial charge in [0.2, 0.25) is 11.8 Å². The molecule has 13 heavy (non-hydrogen) atoms. The van der Waals surface area contributed by atoms with E-state index < -0.39 is 0 Å². The fourth-order valence-electron chi connectivity index (χ4n) is 1.82. The average Bonchev–Trinajstić information content (AvgIpc) is 2.53. The number of hydrogen-bond acceptors (Lipinski definition) is 3. The highest BCUT2D eigenvalue weighted by Crippen LogP contribution is 2.17. The molecule has 0 aromatic heterocycles. The number of carbonyl (C=O) groups is 2. The molecule has 0 radical (unpaired) electrons. The van der Waals surface area contributed by atoms with Crippen molar-refractivity contribution in [1.29, 1.82) is 0 Å². The number of piperazine rings is 1. The van der Waals surface area contributed by atoms with Crippen LogP contribution < -0.4 is 5.32 Å². The van der Waals surface area contributed by atoms with E-state index in [-0.39, 0.29) is 11.8 Å². The fraction of sp³-hybridized carbons (Fsp3) is 0.556. The molecule has 2 rings (SSSR count). The van der Waals surface area contributed by atoms with Gasteiger partial charge in [0.1, 0.15) is 0 Å². The molecule has 0 aromatic carbocycles. The van der Waals surface area contributed by atoms with Crippen LogP contribution in [0.15, 0.2) is 12.2 Å². The maximum Gasteiger partial charge on any atom is 0.240 e. The van der Waals surface area contributed by atoms with E-state index in [4.69, 9.17) is 0 Å². The molecule has 1 fully saturated rings. The van der Waals surface area contributed by atoms with Crippen molar-refractivity contribution in [2.24, 2.45) is 0 Å². The number of carbonyl (C=O) groups excluding carboxylic acids is 2. The molecule has 0 saturated carbocycles. The Morgan fingerprint density at radius 1 is 1.15 bits per heavy atom. The Kier molecular flexibility index (Phi) is 2.14. The van der Waals surface area contributed by atoms with Gasteiger partial charge < -0.3 is 0 Å². The monoisotopic (exact) mass is 180 g/mol. The van der Waals surface area contributed by atoms with Crippen LogP contribution in [0.25, 0.3) is 0 Å². The summed E-state index contributed by atoms with van der Waals surface area (Å²) in [5, 5.41) is 2.29. The van der Waals surface area contributed by atoms with Gasteiger partial charge >= 0.3 is 0 Å². The van der Waals surface area contributed by atoms with Gasteiger partial charge in [-0.15, -0.1) is 0 Å². The molecule has 0 spiro atoms. The number of imide groups is 1. The Labute approximate surface area is 76.6 Å². The highest BCUT2D eigenvalue weighted by molar-refractivity contribution is 5.99. The Balaban J connectivity index is 1.98. The molecule has 4 heteroatoms. The van der Waals surface area contributed by atoms with Crippen LogP contribution in [0.4, 0.5) is 0 Å². The molecule has 0 atom stereocenters. The van der Waals surface area contributed by atoms with Gasteiger partial charge in [-0.25, -0.2) is 0 Å². The van der Waals surface area contributed by atoms with Gasteiger partial charge in [-0.2, -0.15) is 0 Å². The van der Waals surface area contributed by atoms with E-state index in [0.717, 1.165) is 12.8 Å². The van der Waals surface area contributed by atoms with Gasteiger partial charge in [0.15, 0.2) is 0 Å². The van der Waals surface area contributed by atoms with Gasteiger partial charge in [0.25, 0.3) is 0 Å². The maximum absolute atomic E-state index is 11.0. The van der Waals surface area contributed by atoms with Gasteiger partial charge in [-0.05, 0) is 12.8 Å². The molecule has 70 valence electrons. The summed E-state index contributed by atoms with van der Waals surface area (Å²) in [5.41, 5.74) is 0. The first-order valence-electron chi connectivity index (χ1n) is 4.47. The van der Waals surface area contributed by atoms with Crippen molar-refractivity contribution in [3.63, 3.8) is 0 Å². The van der Waals surface area contributed by atoms with Crippen LogP contribution in [-0.2, 0) is 9.59 Å². The third-order valence-electron chi connectivity index (χ3n) is 2.47. The summed E-state index contributed by atoms with van der Waals surface area (Å²) < 4.78 is 0. The van der Waals surface area contributed by atoms with E-state index in [2.05, 4.69) is 17.5 Å². The highest BCUT2D eigenvalue weighted by Gasteiger charge is 2.28. The Hall–Kier alpha value is -1.16. The first-order valence-corrected chi connectivity index (χ1v) is 4.47. The van der Waals surface area contributed by atoms with Crippen molar-refractivity contribution < 1.29 is 9.59 Å². The van der Waals surface area contributed by atoms with Crippen LogP contribution in [0.5, 0.6) is 0 Å². The maximum atomic E-state index is 11.0. The van der Waals surface area contributed by atoms with Crippen molar-refractivity contribution in [2.45, 2.75) is 18.9 Å². The van der Waals surface area contributed by atoms with Crippen LogP contribution in [-0.4, -0.2) is 35.8 Å². The molecule has 0 aromatic rings. The topological polar surface area (TPSA) is 49.4 Å². The van der Waals surface area contributed by atoms with Crippen LogP contribution in [0, 0.1) is 0 Å². The van der Waals surface area contributed by atoms with Gasteiger partial charge in [-0.1, -0.05) is 12.2 Å². The van der Waals surface area contributed by atoms with Crippen molar-refractivity contribution in [3.8, 4) is 0 Å². The quantitative estimate of drug-likeness (QED) is 0.444. The van der Waals surface area contributed by atoms with Crippen molar-refractivity contribution >= 4 is 11.8 Å². The zero-order chi connectivity index (χ0) is 9.26. The third-order valence-corrected chi connectivity index (χ3v) is 2.47. The summed E-state index contributed by atoms with van der Waals surface area (Å²) in [6.45, 7) is 0.718. The molecule has 0 bridgehead atoms. The summed E-state index contributed by atoms with van der Waals surface area (Å²) in [6.07, 6.45) is 6.12. The van der Waals surface area contributed by atoms with E-state index in [0.29, 0.717) is 19.1 Å². The van der Waals surface area contributed by atoms with E-state index in [1.54, 1.807) is 0 Å². The summed E-state index contributed by atoms with van der Waals surface area (Å²) >= 11 is 0. The van der Waals surface area contributed by atoms with E-state index in [1.165, 1.54) is 0 Å². The average molecular weight is 180 g/mol. The third kappa shape index (κ3) is 1.78. The summed E-state index contributed by atoms with van der Waals surface area (Å²) in [5.74, 6) is -0.355. The predicted octanol–water partition coefficient (Wildman–Crippen LogP) is -0.337. The van der Waals surface area contributed by atoms with Crippen LogP contribution in [0.2, 0.25) is 0 Å². The zero-order valence-electron chi connectivity index (χ0n) is 7.32.